The van der Waals surface area contributed by atoms with Crippen molar-refractivity contribution in [1.82, 2.24) is 4.31 Å². The van der Waals surface area contributed by atoms with Gasteiger partial charge in [0.1, 0.15) is 0 Å². The van der Waals surface area contributed by atoms with Crippen molar-refractivity contribution in [2.24, 2.45) is 0 Å². The highest BCUT2D eigenvalue weighted by Crippen LogP contribution is 2.30. The fourth-order valence-corrected chi connectivity index (χ4v) is 2.41. The lowest BCUT2D eigenvalue weighted by atomic mass is 10.4. The number of nitrogens with zero attached hydrogens (tertiary/aromatic N) is 2. The molecule has 0 amide bonds. The number of halogens is 1. The fraction of sp³-hybridized carbons (Fsp3) is 0.833. The molecule has 0 radical (unpaired) electrons. The van der Waals surface area contributed by atoms with E-state index in [-0.39, 0.29) is 19.0 Å². The minimum Gasteiger partial charge on any atom is -0.198 e. The molecule has 0 aliphatic heterocycles. The summed E-state index contributed by atoms with van der Waals surface area (Å²) in [7, 11) is 1.54. The van der Waals surface area contributed by atoms with Gasteiger partial charge in [-0.1, -0.05) is 0 Å². The Labute approximate surface area is 76.3 Å². The lowest BCUT2D eigenvalue weighted by Crippen LogP contribution is -2.30. The van der Waals surface area contributed by atoms with Crippen molar-refractivity contribution in [1.29, 1.82) is 5.26 Å². The van der Waals surface area contributed by atoms with Gasteiger partial charge in [0.15, 0.2) is 0 Å². The average molecular weight is 209 g/mol. The van der Waals surface area contributed by atoms with Crippen molar-refractivity contribution in [3.63, 3.8) is 0 Å². The summed E-state index contributed by atoms with van der Waals surface area (Å²) in [6.45, 7) is 0.215. The number of rotatable bonds is 4. The lowest BCUT2D eigenvalue weighted by Gasteiger charge is -2.14. The van der Waals surface area contributed by atoms with Gasteiger partial charge in [-0.25, -0.2) is 0 Å². The first-order valence-corrected chi connectivity index (χ1v) is 5.90. The second-order valence-corrected chi connectivity index (χ2v) is 5.16. The monoisotopic (exact) mass is 208 g/mol. The molecule has 0 bridgehead atoms. The van der Waals surface area contributed by atoms with Crippen LogP contribution in [0, 0.1) is 11.3 Å². The summed E-state index contributed by atoms with van der Waals surface area (Å²) >= 11 is 0. The van der Waals surface area contributed by atoms with Gasteiger partial charge in [0, 0.05) is 29.7 Å². The van der Waals surface area contributed by atoms with Crippen molar-refractivity contribution >= 4 is 19.9 Å². The summed E-state index contributed by atoms with van der Waals surface area (Å²) in [4.78, 5) is 0. The first-order valence-electron chi connectivity index (χ1n) is 3.64. The van der Waals surface area contributed by atoms with Crippen molar-refractivity contribution in [2.75, 3.05) is 6.54 Å². The molecule has 12 heavy (non-hydrogen) atoms. The fourth-order valence-electron chi connectivity index (χ4n) is 0.992. The van der Waals surface area contributed by atoms with Gasteiger partial charge in [-0.3, -0.25) is 0 Å². The molecule has 4 nitrogen and oxygen atoms in total. The van der Waals surface area contributed by atoms with E-state index in [4.69, 9.17) is 15.9 Å². The molecule has 0 spiro atoms. The third kappa shape index (κ3) is 2.63. The Morgan fingerprint density at radius 1 is 1.58 bits per heavy atom. The minimum absolute atomic E-state index is 0.0425. The van der Waals surface area contributed by atoms with Crippen molar-refractivity contribution in [3.8, 4) is 6.07 Å². The standard InChI is InChI=1S/C6H9ClN2O2S/c7-12(10,11)9(5-1-4-8)6-2-3-6/h6H,1-3,5H2. The first-order chi connectivity index (χ1) is 5.55. The Morgan fingerprint density at radius 2 is 2.17 bits per heavy atom. The molecule has 0 atom stereocenters. The predicted molar refractivity (Wildman–Crippen MR) is 44.7 cm³/mol. The Balaban J connectivity index is 2.57. The minimum atomic E-state index is -3.62. The van der Waals surface area contributed by atoms with Crippen LogP contribution < -0.4 is 0 Å². The first kappa shape index (κ1) is 9.78. The summed E-state index contributed by atoms with van der Waals surface area (Å²) in [5, 5.41) is 8.27. The Hall–Kier alpha value is -0.310. The molecule has 6 heteroatoms. The molecule has 0 aromatic carbocycles. The van der Waals surface area contributed by atoms with Gasteiger partial charge in [0.05, 0.1) is 6.07 Å². The van der Waals surface area contributed by atoms with Crippen LogP contribution in [0.1, 0.15) is 19.3 Å². The van der Waals surface area contributed by atoms with Crippen LogP contribution in [0.5, 0.6) is 0 Å². The number of hydrogen-bond acceptors (Lipinski definition) is 3. The Bertz CT molecular complexity index is 291. The second-order valence-electron chi connectivity index (χ2n) is 2.69. The summed E-state index contributed by atoms with van der Waals surface area (Å²) in [6.07, 6.45) is 1.91. The van der Waals surface area contributed by atoms with E-state index in [0.717, 1.165) is 12.8 Å². The van der Waals surface area contributed by atoms with Gasteiger partial charge in [0.25, 0.3) is 9.24 Å². The zero-order valence-electron chi connectivity index (χ0n) is 6.40. The van der Waals surface area contributed by atoms with E-state index in [0.29, 0.717) is 0 Å². The number of hydrogen-bond donors (Lipinski definition) is 0. The van der Waals surface area contributed by atoms with Crippen LogP contribution >= 0.6 is 10.7 Å². The molecule has 1 fully saturated rings. The molecule has 1 saturated carbocycles. The van der Waals surface area contributed by atoms with Gasteiger partial charge in [-0.15, -0.1) is 0 Å². The highest BCUT2D eigenvalue weighted by molar-refractivity contribution is 8.11. The molecule has 0 N–H and O–H groups in total. The largest absolute Gasteiger partial charge is 0.300 e. The highest BCUT2D eigenvalue weighted by atomic mass is 35.7. The molecule has 1 aliphatic carbocycles. The van der Waals surface area contributed by atoms with Crippen LogP contribution in [0.2, 0.25) is 0 Å². The average Bonchev–Trinajstić information content (AvgIpc) is 2.69. The van der Waals surface area contributed by atoms with Gasteiger partial charge < -0.3 is 0 Å². The molecule has 0 saturated heterocycles. The molecule has 0 unspecified atom stereocenters. The maximum absolute atomic E-state index is 10.9. The van der Waals surface area contributed by atoms with Crippen molar-refractivity contribution < 1.29 is 8.42 Å². The third-order valence-electron chi connectivity index (χ3n) is 1.68. The molecular formula is C6H9ClN2O2S. The maximum atomic E-state index is 10.9. The van der Waals surface area contributed by atoms with Gasteiger partial charge in [-0.2, -0.15) is 18.0 Å². The smallest absolute Gasteiger partial charge is 0.198 e. The summed E-state index contributed by atoms with van der Waals surface area (Å²) in [6, 6.07) is 1.93. The molecule has 1 aliphatic rings. The lowest BCUT2D eigenvalue weighted by molar-refractivity contribution is 0.421. The van der Waals surface area contributed by atoms with E-state index in [2.05, 4.69) is 0 Å². The van der Waals surface area contributed by atoms with E-state index in [9.17, 15) is 8.42 Å². The Morgan fingerprint density at radius 3 is 2.50 bits per heavy atom. The summed E-state index contributed by atoms with van der Waals surface area (Å²) < 4.78 is 23.0. The molecule has 0 heterocycles. The molecular weight excluding hydrogens is 200 g/mol. The third-order valence-corrected chi connectivity index (χ3v) is 3.25. The maximum Gasteiger partial charge on any atom is 0.300 e. The van der Waals surface area contributed by atoms with E-state index in [1.54, 1.807) is 0 Å². The van der Waals surface area contributed by atoms with Gasteiger partial charge in [0.2, 0.25) is 0 Å². The van der Waals surface area contributed by atoms with Crippen LogP contribution in [-0.2, 0) is 9.24 Å². The van der Waals surface area contributed by atoms with E-state index >= 15 is 0 Å². The van der Waals surface area contributed by atoms with Crippen LogP contribution in [0.4, 0.5) is 0 Å². The van der Waals surface area contributed by atoms with Gasteiger partial charge >= 0.3 is 0 Å². The van der Waals surface area contributed by atoms with Gasteiger partial charge in [-0.05, 0) is 12.8 Å². The van der Waals surface area contributed by atoms with Crippen LogP contribution in [0.25, 0.3) is 0 Å². The summed E-state index contributed by atoms with van der Waals surface area (Å²) in [5.74, 6) is 0. The molecule has 68 valence electrons. The van der Waals surface area contributed by atoms with Crippen molar-refractivity contribution in [3.05, 3.63) is 0 Å². The summed E-state index contributed by atoms with van der Waals surface area (Å²) in [5.41, 5.74) is 0. The van der Waals surface area contributed by atoms with E-state index < -0.39 is 9.24 Å². The normalized spacial score (nSPS) is 17.8. The van der Waals surface area contributed by atoms with Crippen LogP contribution in [-0.4, -0.2) is 25.3 Å². The zero-order chi connectivity index (χ0) is 9.19. The van der Waals surface area contributed by atoms with Crippen LogP contribution in [0.15, 0.2) is 0 Å². The SMILES string of the molecule is N#CCCN(C1CC1)S(=O)(=O)Cl. The highest BCUT2D eigenvalue weighted by Gasteiger charge is 2.35. The van der Waals surface area contributed by atoms with Crippen molar-refractivity contribution in [2.45, 2.75) is 25.3 Å². The van der Waals surface area contributed by atoms with E-state index in [1.165, 1.54) is 4.31 Å². The zero-order valence-corrected chi connectivity index (χ0v) is 7.98. The number of nitriles is 1. The second kappa shape index (κ2) is 3.60. The Kier molecular flexibility index (Phi) is 2.94. The quantitative estimate of drug-likeness (QED) is 0.644. The predicted octanol–water partition coefficient (Wildman–Crippen LogP) is 0.848. The molecule has 0 aromatic rings. The van der Waals surface area contributed by atoms with Crippen LogP contribution in [0.3, 0.4) is 0 Å². The topological polar surface area (TPSA) is 61.2 Å². The van der Waals surface area contributed by atoms with E-state index in [1.807, 2.05) is 6.07 Å². The molecule has 1 rings (SSSR count). The molecule has 0 aromatic heterocycles.